The fraction of sp³-hybridized carbons (Fsp3) is 0.286. The molecule has 3 rings (SSSR count). The Kier molecular flexibility index (Phi) is 5.63. The van der Waals surface area contributed by atoms with Crippen molar-refractivity contribution in [1.29, 1.82) is 0 Å². The van der Waals surface area contributed by atoms with Gasteiger partial charge >= 0.3 is 0 Å². The molecule has 1 amide bonds. The smallest absolute Gasteiger partial charge is 0.257 e. The first-order valence-electron chi connectivity index (χ1n) is 8.86. The third-order valence-electron chi connectivity index (χ3n) is 4.20. The van der Waals surface area contributed by atoms with Gasteiger partial charge in [0, 0.05) is 18.0 Å². The van der Waals surface area contributed by atoms with Gasteiger partial charge in [0.25, 0.3) is 5.91 Å². The van der Waals surface area contributed by atoms with Crippen LogP contribution in [-0.4, -0.2) is 38.3 Å². The largest absolute Gasteiger partial charge is 0.493 e. The van der Waals surface area contributed by atoms with Gasteiger partial charge in [-0.1, -0.05) is 0 Å². The predicted molar refractivity (Wildman–Crippen MR) is 108 cm³/mol. The van der Waals surface area contributed by atoms with E-state index in [4.69, 9.17) is 18.9 Å². The molecule has 0 bridgehead atoms. The van der Waals surface area contributed by atoms with Crippen LogP contribution >= 0.6 is 0 Å². The number of methoxy groups -OCH3 is 3. The standard InChI is InChI=1S/C21H24N2O5/c1-12(2)28-14-8-6-13(7-9-14)23-21(24)15-11-22-16-10-17(25-3)19(26-4)20(27-5)18(15)16/h6-12,22H,1-5H3,(H,23,24). The second-order valence-electron chi connectivity index (χ2n) is 6.42. The fourth-order valence-electron chi connectivity index (χ4n) is 3.03. The van der Waals surface area contributed by atoms with Crippen LogP contribution in [0, 0.1) is 0 Å². The first-order chi connectivity index (χ1) is 13.5. The van der Waals surface area contributed by atoms with Crippen LogP contribution in [0.3, 0.4) is 0 Å². The maximum atomic E-state index is 12.9. The van der Waals surface area contributed by atoms with Crippen molar-refractivity contribution in [2.24, 2.45) is 0 Å². The van der Waals surface area contributed by atoms with E-state index in [1.165, 1.54) is 14.2 Å². The maximum Gasteiger partial charge on any atom is 0.257 e. The Morgan fingerprint density at radius 1 is 1.00 bits per heavy atom. The Bertz CT molecular complexity index is 977. The minimum absolute atomic E-state index is 0.0890. The van der Waals surface area contributed by atoms with E-state index in [0.717, 1.165) is 5.75 Å². The summed E-state index contributed by atoms with van der Waals surface area (Å²) in [6.45, 7) is 3.92. The molecule has 148 valence electrons. The van der Waals surface area contributed by atoms with E-state index in [1.54, 1.807) is 31.5 Å². The maximum absolute atomic E-state index is 12.9. The number of rotatable bonds is 7. The summed E-state index contributed by atoms with van der Waals surface area (Å²) in [4.78, 5) is 16.0. The summed E-state index contributed by atoms with van der Waals surface area (Å²) in [6.07, 6.45) is 1.73. The molecule has 1 heterocycles. The molecule has 28 heavy (non-hydrogen) atoms. The molecule has 0 unspecified atom stereocenters. The van der Waals surface area contributed by atoms with Gasteiger partial charge < -0.3 is 29.2 Å². The fourth-order valence-corrected chi connectivity index (χ4v) is 3.03. The molecule has 3 aromatic rings. The SMILES string of the molecule is COc1cc2[nH]cc(C(=O)Nc3ccc(OC(C)C)cc3)c2c(OC)c1OC. The van der Waals surface area contributed by atoms with E-state index < -0.39 is 0 Å². The zero-order valence-corrected chi connectivity index (χ0v) is 16.6. The highest BCUT2D eigenvalue weighted by atomic mass is 16.5. The molecule has 0 spiro atoms. The number of aromatic amines is 1. The summed E-state index contributed by atoms with van der Waals surface area (Å²) < 4.78 is 21.9. The van der Waals surface area contributed by atoms with Gasteiger partial charge in [0.15, 0.2) is 11.5 Å². The number of H-pyrrole nitrogens is 1. The lowest BCUT2D eigenvalue weighted by Gasteiger charge is -2.14. The molecule has 7 nitrogen and oxygen atoms in total. The molecule has 2 aromatic carbocycles. The van der Waals surface area contributed by atoms with Crippen molar-refractivity contribution in [1.82, 2.24) is 4.98 Å². The molecular formula is C21H24N2O5. The number of hydrogen-bond donors (Lipinski definition) is 2. The molecule has 1 aromatic heterocycles. The molecule has 0 aliphatic rings. The van der Waals surface area contributed by atoms with Crippen molar-refractivity contribution in [3.05, 3.63) is 42.1 Å². The summed E-state index contributed by atoms with van der Waals surface area (Å²) in [6, 6.07) is 9.00. The lowest BCUT2D eigenvalue weighted by molar-refractivity contribution is 0.102. The quantitative estimate of drug-likeness (QED) is 0.637. The van der Waals surface area contributed by atoms with E-state index >= 15 is 0 Å². The third kappa shape index (κ3) is 3.69. The van der Waals surface area contributed by atoms with E-state index in [1.807, 2.05) is 26.0 Å². The number of fused-ring (bicyclic) bond motifs is 1. The number of aromatic nitrogens is 1. The average molecular weight is 384 g/mol. The van der Waals surface area contributed by atoms with Gasteiger partial charge in [0.1, 0.15) is 5.75 Å². The summed E-state index contributed by atoms with van der Waals surface area (Å²) in [5.41, 5.74) is 1.81. The number of nitrogens with one attached hydrogen (secondary N) is 2. The zero-order chi connectivity index (χ0) is 20.3. The lowest BCUT2D eigenvalue weighted by Crippen LogP contribution is -2.12. The lowest BCUT2D eigenvalue weighted by atomic mass is 10.1. The normalized spacial score (nSPS) is 10.8. The molecule has 0 atom stereocenters. The predicted octanol–water partition coefficient (Wildman–Crippen LogP) is 4.23. The molecule has 0 fully saturated rings. The second-order valence-corrected chi connectivity index (χ2v) is 6.42. The van der Waals surface area contributed by atoms with Crippen LogP contribution in [0.2, 0.25) is 0 Å². The molecule has 0 radical (unpaired) electrons. The first-order valence-corrected chi connectivity index (χ1v) is 8.86. The Labute approximate surface area is 163 Å². The number of amides is 1. The van der Waals surface area contributed by atoms with Crippen LogP contribution < -0.4 is 24.3 Å². The Balaban J connectivity index is 1.94. The van der Waals surface area contributed by atoms with E-state index in [9.17, 15) is 4.79 Å². The Hall–Kier alpha value is -3.35. The molecule has 0 saturated heterocycles. The van der Waals surface area contributed by atoms with Gasteiger partial charge in [-0.25, -0.2) is 0 Å². The van der Waals surface area contributed by atoms with Crippen molar-refractivity contribution in [3.8, 4) is 23.0 Å². The highest BCUT2D eigenvalue weighted by molar-refractivity contribution is 6.15. The number of benzene rings is 2. The molecular weight excluding hydrogens is 360 g/mol. The number of hydrogen-bond acceptors (Lipinski definition) is 5. The minimum Gasteiger partial charge on any atom is -0.493 e. The van der Waals surface area contributed by atoms with Crippen molar-refractivity contribution in [3.63, 3.8) is 0 Å². The van der Waals surface area contributed by atoms with Gasteiger partial charge in [0.2, 0.25) is 5.75 Å². The minimum atomic E-state index is -0.269. The monoisotopic (exact) mass is 384 g/mol. The van der Waals surface area contributed by atoms with E-state index in [2.05, 4.69) is 10.3 Å². The molecule has 0 saturated carbocycles. The summed E-state index contributed by atoms with van der Waals surface area (Å²) in [5, 5.41) is 3.51. The summed E-state index contributed by atoms with van der Waals surface area (Å²) >= 11 is 0. The van der Waals surface area contributed by atoms with Crippen molar-refractivity contribution in [2.45, 2.75) is 20.0 Å². The number of carbonyl (C=O) groups excluding carboxylic acids is 1. The first kappa shape index (κ1) is 19.4. The van der Waals surface area contributed by atoms with Crippen molar-refractivity contribution >= 4 is 22.5 Å². The topological polar surface area (TPSA) is 81.8 Å². The van der Waals surface area contributed by atoms with Gasteiger partial charge in [-0.3, -0.25) is 4.79 Å². The highest BCUT2D eigenvalue weighted by Crippen LogP contribution is 2.44. The summed E-state index contributed by atoms with van der Waals surface area (Å²) in [5.74, 6) is 1.86. The van der Waals surface area contributed by atoms with Crippen molar-refractivity contribution in [2.75, 3.05) is 26.6 Å². The van der Waals surface area contributed by atoms with E-state index in [0.29, 0.717) is 39.4 Å². The van der Waals surface area contributed by atoms with Crippen LogP contribution in [0.15, 0.2) is 36.5 Å². The van der Waals surface area contributed by atoms with Crippen LogP contribution in [0.4, 0.5) is 5.69 Å². The van der Waals surface area contributed by atoms with Crippen molar-refractivity contribution < 1.29 is 23.7 Å². The average Bonchev–Trinajstić information content (AvgIpc) is 3.11. The number of anilines is 1. The number of carbonyl (C=O) groups is 1. The van der Waals surface area contributed by atoms with Gasteiger partial charge in [-0.2, -0.15) is 0 Å². The van der Waals surface area contributed by atoms with Crippen LogP contribution in [-0.2, 0) is 0 Å². The second kappa shape index (κ2) is 8.12. The van der Waals surface area contributed by atoms with Gasteiger partial charge in [-0.15, -0.1) is 0 Å². The van der Waals surface area contributed by atoms with Gasteiger partial charge in [-0.05, 0) is 38.1 Å². The highest BCUT2D eigenvalue weighted by Gasteiger charge is 2.22. The number of ether oxygens (including phenoxy) is 4. The van der Waals surface area contributed by atoms with Crippen LogP contribution in [0.25, 0.3) is 10.9 Å². The molecule has 0 aliphatic carbocycles. The molecule has 7 heteroatoms. The Morgan fingerprint density at radius 3 is 2.25 bits per heavy atom. The molecule has 2 N–H and O–H groups in total. The summed E-state index contributed by atoms with van der Waals surface area (Å²) in [7, 11) is 4.60. The van der Waals surface area contributed by atoms with Crippen LogP contribution in [0.1, 0.15) is 24.2 Å². The molecule has 0 aliphatic heterocycles. The third-order valence-corrected chi connectivity index (χ3v) is 4.20. The van der Waals surface area contributed by atoms with Crippen LogP contribution in [0.5, 0.6) is 23.0 Å². The Morgan fingerprint density at radius 2 is 1.68 bits per heavy atom. The van der Waals surface area contributed by atoms with Gasteiger partial charge in [0.05, 0.1) is 43.9 Å². The van der Waals surface area contributed by atoms with E-state index in [-0.39, 0.29) is 12.0 Å². The zero-order valence-electron chi connectivity index (χ0n) is 16.6.